The first-order chi connectivity index (χ1) is 11.6. The van der Waals surface area contributed by atoms with E-state index in [4.69, 9.17) is 9.47 Å². The zero-order valence-electron chi connectivity index (χ0n) is 13.0. The molecule has 24 heavy (non-hydrogen) atoms. The van der Waals surface area contributed by atoms with Crippen molar-refractivity contribution < 1.29 is 19.4 Å². The second kappa shape index (κ2) is 7.68. The Hall–Kier alpha value is -2.05. The second-order valence-electron chi connectivity index (χ2n) is 5.59. The molecule has 5 nitrogen and oxygen atoms in total. The van der Waals surface area contributed by atoms with Crippen LogP contribution in [0.15, 0.2) is 46.9 Å². The van der Waals surface area contributed by atoms with E-state index in [0.29, 0.717) is 18.0 Å². The van der Waals surface area contributed by atoms with Crippen molar-refractivity contribution >= 4 is 27.5 Å². The molecule has 0 bridgehead atoms. The molecule has 1 fully saturated rings. The van der Waals surface area contributed by atoms with Crippen LogP contribution in [0.5, 0.6) is 11.5 Å². The van der Waals surface area contributed by atoms with Gasteiger partial charge in [-0.25, -0.2) is 0 Å². The Morgan fingerprint density at radius 2 is 2.21 bits per heavy atom. The molecule has 0 saturated carbocycles. The number of carbonyl (C=O) groups is 1. The Morgan fingerprint density at radius 1 is 1.33 bits per heavy atom. The first-order valence-electron chi connectivity index (χ1n) is 7.76. The summed E-state index contributed by atoms with van der Waals surface area (Å²) in [5, 5.41) is 12.6. The van der Waals surface area contributed by atoms with Crippen LogP contribution < -0.4 is 10.1 Å². The van der Waals surface area contributed by atoms with Crippen molar-refractivity contribution in [1.29, 1.82) is 0 Å². The lowest BCUT2D eigenvalue weighted by atomic mass is 10.2. The quantitative estimate of drug-likeness (QED) is 0.808. The molecule has 1 heterocycles. The van der Waals surface area contributed by atoms with Crippen LogP contribution in [0, 0.1) is 0 Å². The molecule has 2 aromatic carbocycles. The summed E-state index contributed by atoms with van der Waals surface area (Å²) in [5.41, 5.74) is 0.805. The third-order valence-corrected chi connectivity index (χ3v) is 4.25. The first kappa shape index (κ1) is 16.8. The molecule has 0 radical (unpaired) electrons. The number of carbonyl (C=O) groups excluding carboxylic acids is 1. The predicted octanol–water partition coefficient (Wildman–Crippen LogP) is 3.96. The Kier molecular flexibility index (Phi) is 5.37. The lowest BCUT2D eigenvalue weighted by Gasteiger charge is -2.13. The van der Waals surface area contributed by atoms with Crippen LogP contribution in [0.4, 0.5) is 5.69 Å². The van der Waals surface area contributed by atoms with E-state index < -0.39 is 0 Å². The number of hydrogen-bond acceptors (Lipinski definition) is 4. The lowest BCUT2D eigenvalue weighted by molar-refractivity contribution is 0.0680. The molecule has 1 amide bonds. The van der Waals surface area contributed by atoms with Crippen LogP contribution in [-0.4, -0.2) is 30.3 Å². The number of aromatic hydroxyl groups is 1. The maximum absolute atomic E-state index is 12.3. The molecule has 0 aromatic heterocycles. The summed E-state index contributed by atoms with van der Waals surface area (Å²) >= 11 is 3.29. The number of phenolic OH excluding ortho intramolecular Hbond substituents is 1. The van der Waals surface area contributed by atoms with Crippen molar-refractivity contribution in [3.05, 3.63) is 52.5 Å². The minimum atomic E-state index is -0.384. The van der Waals surface area contributed by atoms with E-state index in [1.54, 1.807) is 30.3 Å². The molecule has 0 spiro atoms. The van der Waals surface area contributed by atoms with Gasteiger partial charge in [-0.15, -0.1) is 0 Å². The summed E-state index contributed by atoms with van der Waals surface area (Å²) < 4.78 is 12.0. The van der Waals surface area contributed by atoms with E-state index in [9.17, 15) is 9.90 Å². The third kappa shape index (κ3) is 4.27. The topological polar surface area (TPSA) is 67.8 Å². The van der Waals surface area contributed by atoms with Crippen molar-refractivity contribution in [2.45, 2.75) is 18.9 Å². The highest BCUT2D eigenvalue weighted by Crippen LogP contribution is 2.24. The summed E-state index contributed by atoms with van der Waals surface area (Å²) in [6.07, 6.45) is 2.22. The number of phenols is 1. The van der Waals surface area contributed by atoms with Crippen LogP contribution in [0.2, 0.25) is 0 Å². The molecular weight excluding hydrogens is 374 g/mol. The Morgan fingerprint density at radius 3 is 3.00 bits per heavy atom. The zero-order valence-corrected chi connectivity index (χ0v) is 14.6. The largest absolute Gasteiger partial charge is 0.507 e. The number of anilines is 1. The minimum Gasteiger partial charge on any atom is -0.507 e. The zero-order chi connectivity index (χ0) is 16.9. The molecular formula is C18H18BrNO4. The van der Waals surface area contributed by atoms with Crippen LogP contribution in [0.25, 0.3) is 0 Å². The van der Waals surface area contributed by atoms with Gasteiger partial charge in [0, 0.05) is 22.8 Å². The van der Waals surface area contributed by atoms with Gasteiger partial charge in [-0.1, -0.05) is 22.0 Å². The van der Waals surface area contributed by atoms with Crippen LogP contribution in [0.1, 0.15) is 23.2 Å². The molecule has 6 heteroatoms. The van der Waals surface area contributed by atoms with Gasteiger partial charge >= 0.3 is 0 Å². The first-order valence-corrected chi connectivity index (χ1v) is 8.55. The Labute approximate surface area is 148 Å². The fraction of sp³-hybridized carbons (Fsp3) is 0.278. The van der Waals surface area contributed by atoms with E-state index in [1.807, 2.05) is 6.07 Å². The highest BCUT2D eigenvalue weighted by atomic mass is 79.9. The fourth-order valence-electron chi connectivity index (χ4n) is 2.52. The normalized spacial score (nSPS) is 16.8. The third-order valence-electron chi connectivity index (χ3n) is 3.76. The summed E-state index contributed by atoms with van der Waals surface area (Å²) in [6, 6.07) is 11.9. The molecule has 1 aliphatic heterocycles. The van der Waals surface area contributed by atoms with Crippen molar-refractivity contribution in [2.75, 3.05) is 18.5 Å². The fourth-order valence-corrected chi connectivity index (χ4v) is 2.88. The molecule has 1 aliphatic rings. The minimum absolute atomic E-state index is 0.0681. The van der Waals surface area contributed by atoms with Gasteiger partial charge in [-0.05, 0) is 43.2 Å². The average Bonchev–Trinajstić information content (AvgIpc) is 3.09. The molecule has 126 valence electrons. The van der Waals surface area contributed by atoms with Crippen molar-refractivity contribution in [2.24, 2.45) is 0 Å². The molecule has 1 saturated heterocycles. The summed E-state index contributed by atoms with van der Waals surface area (Å²) in [6.45, 7) is 1.30. The highest BCUT2D eigenvalue weighted by molar-refractivity contribution is 9.10. The van der Waals surface area contributed by atoms with E-state index in [2.05, 4.69) is 21.2 Å². The standard InChI is InChI=1S/C18H18BrNO4/c19-12-6-7-17(21)16(9-12)18(22)20-13-3-1-4-14(10-13)24-11-15-5-2-8-23-15/h1,3-4,6-7,9-10,15,21H,2,5,8,11H2,(H,20,22)/t15-/m0/s1. The number of hydrogen-bond donors (Lipinski definition) is 2. The van der Waals surface area contributed by atoms with Crippen molar-refractivity contribution in [3.8, 4) is 11.5 Å². The van der Waals surface area contributed by atoms with Gasteiger partial charge in [-0.3, -0.25) is 4.79 Å². The van der Waals surface area contributed by atoms with Crippen molar-refractivity contribution in [3.63, 3.8) is 0 Å². The number of amides is 1. The van der Waals surface area contributed by atoms with E-state index in [-0.39, 0.29) is 23.3 Å². The van der Waals surface area contributed by atoms with Gasteiger partial charge in [0.1, 0.15) is 18.1 Å². The van der Waals surface area contributed by atoms with Gasteiger partial charge in [-0.2, -0.15) is 0 Å². The molecule has 0 unspecified atom stereocenters. The van der Waals surface area contributed by atoms with Gasteiger partial charge in [0.2, 0.25) is 0 Å². The lowest BCUT2D eigenvalue weighted by Crippen LogP contribution is -2.16. The summed E-state index contributed by atoms with van der Waals surface area (Å²) in [4.78, 5) is 12.3. The highest BCUT2D eigenvalue weighted by Gasteiger charge is 2.16. The van der Waals surface area contributed by atoms with Gasteiger partial charge in [0.05, 0.1) is 11.7 Å². The van der Waals surface area contributed by atoms with Gasteiger partial charge < -0.3 is 19.9 Å². The van der Waals surface area contributed by atoms with Crippen molar-refractivity contribution in [1.82, 2.24) is 0 Å². The smallest absolute Gasteiger partial charge is 0.259 e. The Bertz CT molecular complexity index is 729. The summed E-state index contributed by atoms with van der Waals surface area (Å²) in [5.74, 6) is 0.216. The average molecular weight is 392 g/mol. The maximum Gasteiger partial charge on any atom is 0.259 e. The Balaban J connectivity index is 1.65. The SMILES string of the molecule is O=C(Nc1cccc(OC[C@@H]2CCCO2)c1)c1cc(Br)ccc1O. The van der Waals surface area contributed by atoms with Gasteiger partial charge in [0.15, 0.2) is 0 Å². The molecule has 2 aromatic rings. The van der Waals surface area contributed by atoms with Gasteiger partial charge in [0.25, 0.3) is 5.91 Å². The van der Waals surface area contributed by atoms with Crippen LogP contribution >= 0.6 is 15.9 Å². The van der Waals surface area contributed by atoms with Crippen LogP contribution in [0.3, 0.4) is 0 Å². The number of ether oxygens (including phenoxy) is 2. The number of halogens is 1. The molecule has 1 atom stereocenters. The second-order valence-corrected chi connectivity index (χ2v) is 6.51. The number of nitrogens with one attached hydrogen (secondary N) is 1. The summed E-state index contributed by atoms with van der Waals surface area (Å²) in [7, 11) is 0. The van der Waals surface area contributed by atoms with E-state index >= 15 is 0 Å². The van der Waals surface area contributed by atoms with E-state index in [0.717, 1.165) is 23.9 Å². The maximum atomic E-state index is 12.3. The number of benzene rings is 2. The van der Waals surface area contributed by atoms with Crippen LogP contribution in [-0.2, 0) is 4.74 Å². The predicted molar refractivity (Wildman–Crippen MR) is 94.7 cm³/mol. The monoisotopic (exact) mass is 391 g/mol. The molecule has 0 aliphatic carbocycles. The number of rotatable bonds is 5. The molecule has 3 rings (SSSR count). The molecule has 2 N–H and O–H groups in total. The van der Waals surface area contributed by atoms with E-state index in [1.165, 1.54) is 6.07 Å².